The second kappa shape index (κ2) is 4.30. The van der Waals surface area contributed by atoms with Gasteiger partial charge < -0.3 is 0 Å². The first-order valence-electron chi connectivity index (χ1n) is 4.66. The first-order valence-corrected chi connectivity index (χ1v) is 7.34. The molecule has 0 saturated heterocycles. The number of alkyl halides is 1. The van der Waals surface area contributed by atoms with Gasteiger partial charge in [0.1, 0.15) is 0 Å². The number of carbonyl (C=O) groups excluding carboxylic acids is 1. The molecular weight excluding hydrogens is 292 g/mol. The van der Waals surface area contributed by atoms with E-state index in [0.717, 1.165) is 11.8 Å². The molecule has 0 N–H and O–H groups in total. The summed E-state index contributed by atoms with van der Waals surface area (Å²) in [6, 6.07) is 6.81. The van der Waals surface area contributed by atoms with Crippen molar-refractivity contribution in [2.45, 2.75) is 17.5 Å². The van der Waals surface area contributed by atoms with E-state index in [1.807, 2.05) is 6.92 Å². The minimum absolute atomic E-state index is 0.385. The molecule has 0 aromatic heterocycles. The van der Waals surface area contributed by atoms with Gasteiger partial charge in [-0.05, 0) is 13.8 Å². The van der Waals surface area contributed by atoms with Gasteiger partial charge in [0.15, 0.2) is 19.3 Å². The molecule has 0 unspecified atom stereocenters. The fraction of sp³-hybridized carbons (Fsp3) is 0.364. The molecule has 1 rings (SSSR count). The van der Waals surface area contributed by atoms with Crippen molar-refractivity contribution in [3.63, 3.8) is 0 Å². The van der Waals surface area contributed by atoms with E-state index in [9.17, 15) is 13.2 Å². The Balaban J connectivity index is 3.18. The first kappa shape index (κ1) is 13.4. The van der Waals surface area contributed by atoms with E-state index in [4.69, 9.17) is 0 Å². The van der Waals surface area contributed by atoms with E-state index in [1.165, 1.54) is 6.92 Å². The SMILES string of the molecule is Cc1ccc(C(=O)[C@](C)(Br)S(C)(=O)=O)cc1. The van der Waals surface area contributed by atoms with Crippen LogP contribution in [0.3, 0.4) is 0 Å². The lowest BCUT2D eigenvalue weighted by Crippen LogP contribution is -2.36. The molecule has 0 aliphatic carbocycles. The molecule has 0 spiro atoms. The molecule has 0 radical (unpaired) electrons. The second-order valence-electron chi connectivity index (χ2n) is 3.88. The molecule has 1 aromatic carbocycles. The fourth-order valence-corrected chi connectivity index (χ4v) is 1.81. The highest BCUT2D eigenvalue weighted by molar-refractivity contribution is 9.12. The Morgan fingerprint density at radius 2 is 1.69 bits per heavy atom. The van der Waals surface area contributed by atoms with Gasteiger partial charge in [0.2, 0.25) is 0 Å². The van der Waals surface area contributed by atoms with Gasteiger partial charge in [-0.25, -0.2) is 8.42 Å². The first-order chi connectivity index (χ1) is 7.16. The van der Waals surface area contributed by atoms with Crippen LogP contribution in [0.15, 0.2) is 24.3 Å². The normalized spacial score (nSPS) is 15.5. The number of sulfone groups is 1. The van der Waals surface area contributed by atoms with Crippen LogP contribution in [0, 0.1) is 6.92 Å². The molecule has 0 amide bonds. The zero-order valence-corrected chi connectivity index (χ0v) is 11.7. The van der Waals surface area contributed by atoms with E-state index < -0.39 is 19.3 Å². The molecule has 0 saturated carbocycles. The molecule has 88 valence electrons. The fourth-order valence-electron chi connectivity index (χ4n) is 1.13. The van der Waals surface area contributed by atoms with E-state index in [0.29, 0.717) is 5.56 Å². The Labute approximate surface area is 104 Å². The standard InChI is InChI=1S/C11H13BrO3S/c1-8-4-6-9(7-5-8)10(13)11(2,12)16(3,14)15/h4-7H,1-3H3/t11-/m1/s1. The van der Waals surface area contributed by atoms with Gasteiger partial charge in [0.05, 0.1) is 0 Å². The van der Waals surface area contributed by atoms with Crippen LogP contribution in [0.25, 0.3) is 0 Å². The minimum atomic E-state index is -3.49. The van der Waals surface area contributed by atoms with Crippen molar-refractivity contribution >= 4 is 31.6 Å². The van der Waals surface area contributed by atoms with E-state index >= 15 is 0 Å². The largest absolute Gasteiger partial charge is 0.291 e. The Kier molecular flexibility index (Phi) is 3.59. The van der Waals surface area contributed by atoms with Gasteiger partial charge in [-0.3, -0.25) is 4.79 Å². The highest BCUT2D eigenvalue weighted by atomic mass is 79.9. The smallest absolute Gasteiger partial charge is 0.194 e. The predicted octanol–water partition coefficient (Wildman–Crippen LogP) is 2.33. The van der Waals surface area contributed by atoms with Crippen molar-refractivity contribution in [1.29, 1.82) is 0 Å². The van der Waals surface area contributed by atoms with Crippen molar-refractivity contribution in [3.05, 3.63) is 35.4 Å². The van der Waals surface area contributed by atoms with Gasteiger partial charge in [0, 0.05) is 11.8 Å². The predicted molar refractivity (Wildman–Crippen MR) is 67.7 cm³/mol. The molecule has 3 nitrogen and oxygen atoms in total. The number of Topliss-reactive ketones (excluding diaryl/α,β-unsaturated/α-hetero) is 1. The van der Waals surface area contributed by atoms with Crippen LogP contribution in [0.1, 0.15) is 22.8 Å². The summed E-state index contributed by atoms with van der Waals surface area (Å²) in [6.45, 7) is 3.25. The van der Waals surface area contributed by atoms with Gasteiger partial charge in [-0.2, -0.15) is 0 Å². The number of aryl methyl sites for hydroxylation is 1. The highest BCUT2D eigenvalue weighted by Crippen LogP contribution is 2.28. The summed E-state index contributed by atoms with van der Waals surface area (Å²) in [5.74, 6) is -0.449. The molecule has 0 heterocycles. The highest BCUT2D eigenvalue weighted by Gasteiger charge is 2.41. The number of hydrogen-bond acceptors (Lipinski definition) is 3. The lowest BCUT2D eigenvalue weighted by molar-refractivity contribution is 0.0983. The average molecular weight is 305 g/mol. The molecule has 1 atom stereocenters. The zero-order valence-electron chi connectivity index (χ0n) is 9.32. The van der Waals surface area contributed by atoms with E-state index in [2.05, 4.69) is 15.9 Å². The van der Waals surface area contributed by atoms with Crippen LogP contribution in [0.5, 0.6) is 0 Å². The quantitative estimate of drug-likeness (QED) is 0.636. The molecule has 0 aliphatic heterocycles. The van der Waals surface area contributed by atoms with Crippen LogP contribution in [0.2, 0.25) is 0 Å². The summed E-state index contributed by atoms with van der Waals surface area (Å²) >= 11 is 2.99. The van der Waals surface area contributed by atoms with Crippen molar-refractivity contribution in [1.82, 2.24) is 0 Å². The molecule has 0 aliphatic rings. The summed E-state index contributed by atoms with van der Waals surface area (Å²) in [5, 5.41) is 0. The Morgan fingerprint density at radius 1 is 1.25 bits per heavy atom. The van der Waals surface area contributed by atoms with Gasteiger partial charge >= 0.3 is 0 Å². The Bertz CT molecular complexity index is 501. The molecular formula is C11H13BrO3S. The third kappa shape index (κ3) is 2.52. The van der Waals surface area contributed by atoms with Crippen molar-refractivity contribution < 1.29 is 13.2 Å². The summed E-state index contributed by atoms with van der Waals surface area (Å²) < 4.78 is 21.4. The average Bonchev–Trinajstić information content (AvgIpc) is 2.16. The number of benzene rings is 1. The van der Waals surface area contributed by atoms with E-state index in [-0.39, 0.29) is 0 Å². The third-order valence-corrected chi connectivity index (χ3v) is 6.12. The van der Waals surface area contributed by atoms with Crippen molar-refractivity contribution in [3.8, 4) is 0 Å². The van der Waals surface area contributed by atoms with Crippen LogP contribution < -0.4 is 0 Å². The zero-order chi connectivity index (χ0) is 12.6. The third-order valence-electron chi connectivity index (χ3n) is 2.42. The maximum Gasteiger partial charge on any atom is 0.194 e. The van der Waals surface area contributed by atoms with Crippen LogP contribution >= 0.6 is 15.9 Å². The monoisotopic (exact) mass is 304 g/mol. The number of ketones is 1. The lowest BCUT2D eigenvalue weighted by Gasteiger charge is -2.18. The summed E-state index contributed by atoms with van der Waals surface area (Å²) in [5.41, 5.74) is 1.41. The Hall–Kier alpha value is -0.680. The van der Waals surface area contributed by atoms with E-state index in [1.54, 1.807) is 24.3 Å². The van der Waals surface area contributed by atoms with Crippen LogP contribution in [0.4, 0.5) is 0 Å². The van der Waals surface area contributed by atoms with Crippen LogP contribution in [-0.2, 0) is 9.84 Å². The summed E-state index contributed by atoms with van der Waals surface area (Å²) in [4.78, 5) is 12.0. The summed E-state index contributed by atoms with van der Waals surface area (Å²) in [7, 11) is -3.49. The molecule has 16 heavy (non-hydrogen) atoms. The topological polar surface area (TPSA) is 51.2 Å². The number of rotatable bonds is 3. The number of carbonyl (C=O) groups is 1. The van der Waals surface area contributed by atoms with Gasteiger partial charge in [0.25, 0.3) is 0 Å². The summed E-state index contributed by atoms with van der Waals surface area (Å²) in [6.07, 6.45) is 1.04. The van der Waals surface area contributed by atoms with Crippen molar-refractivity contribution in [2.75, 3.05) is 6.26 Å². The second-order valence-corrected chi connectivity index (χ2v) is 8.36. The lowest BCUT2D eigenvalue weighted by atomic mass is 10.1. The minimum Gasteiger partial charge on any atom is -0.291 e. The molecule has 1 aromatic rings. The van der Waals surface area contributed by atoms with Gasteiger partial charge in [-0.15, -0.1) is 0 Å². The van der Waals surface area contributed by atoms with Crippen molar-refractivity contribution in [2.24, 2.45) is 0 Å². The Morgan fingerprint density at radius 3 is 2.06 bits per heavy atom. The maximum atomic E-state index is 12.0. The number of halogens is 1. The maximum absolute atomic E-state index is 12.0. The van der Waals surface area contributed by atoms with Gasteiger partial charge in [-0.1, -0.05) is 45.8 Å². The molecule has 5 heteroatoms. The number of hydrogen-bond donors (Lipinski definition) is 0. The molecule has 0 fully saturated rings. The molecule has 0 bridgehead atoms. The van der Waals surface area contributed by atoms with Crippen LogP contribution in [-0.4, -0.2) is 24.1 Å².